The lowest BCUT2D eigenvalue weighted by molar-refractivity contribution is 0.439. The van der Waals surface area contributed by atoms with Gasteiger partial charge in [-0.25, -0.2) is 0 Å². The molecule has 2 unspecified atom stereocenters. The maximum absolute atomic E-state index is 9.13. The maximum Gasteiger partial charge on any atom is 0.116 e. The number of rotatable bonds is 5. The number of hydrogen-bond acceptors (Lipinski definition) is 4. The molecule has 1 saturated heterocycles. The molecular weight excluding hydrogens is 210 g/mol. The maximum atomic E-state index is 9.13. The summed E-state index contributed by atoms with van der Waals surface area (Å²) < 4.78 is 0. The van der Waals surface area contributed by atoms with E-state index < -0.39 is 0 Å². The molecule has 0 aromatic rings. The Bertz CT molecular complexity index is 293. The molecule has 0 amide bonds. The highest BCUT2D eigenvalue weighted by Crippen LogP contribution is 2.33. The largest absolute Gasteiger partial charge is 0.299 e. The molecule has 1 N–H and O–H groups in total. The normalized spacial score (nSPS) is 29.5. The lowest BCUT2D eigenvalue weighted by Gasteiger charge is -2.21. The Morgan fingerprint density at radius 3 is 3.13 bits per heavy atom. The molecule has 15 heavy (non-hydrogen) atoms. The van der Waals surface area contributed by atoms with Crippen molar-refractivity contribution in [2.45, 2.75) is 30.6 Å². The van der Waals surface area contributed by atoms with E-state index in [1.54, 1.807) is 0 Å². The number of azide groups is 1. The minimum atomic E-state index is -0.361. The summed E-state index contributed by atoms with van der Waals surface area (Å²) >= 11 is 1.83. The highest BCUT2D eigenvalue weighted by molar-refractivity contribution is 8.00. The third kappa shape index (κ3) is 3.63. The van der Waals surface area contributed by atoms with Gasteiger partial charge in [-0.2, -0.15) is 17.0 Å². The first kappa shape index (κ1) is 12.2. The van der Waals surface area contributed by atoms with E-state index in [2.05, 4.69) is 28.3 Å². The van der Waals surface area contributed by atoms with Gasteiger partial charge in [0.25, 0.3) is 0 Å². The lowest BCUT2D eigenvalue weighted by atomic mass is 9.98. The van der Waals surface area contributed by atoms with Gasteiger partial charge in [-0.05, 0) is 24.9 Å². The zero-order valence-corrected chi connectivity index (χ0v) is 9.63. The van der Waals surface area contributed by atoms with Crippen LogP contribution in [-0.2, 0) is 0 Å². The summed E-state index contributed by atoms with van der Waals surface area (Å²) in [6.07, 6.45) is 1.68. The third-order valence-electron chi connectivity index (χ3n) is 2.43. The molecule has 0 saturated carbocycles. The molecule has 5 nitrogen and oxygen atoms in total. The summed E-state index contributed by atoms with van der Waals surface area (Å²) in [5.74, 6) is 0.853. The van der Waals surface area contributed by atoms with Crippen LogP contribution in [-0.4, -0.2) is 29.6 Å². The van der Waals surface area contributed by atoms with E-state index in [4.69, 9.17) is 10.8 Å². The average Bonchev–Trinajstić information content (AvgIpc) is 2.61. The van der Waals surface area contributed by atoms with Gasteiger partial charge in [-0.15, -0.1) is 0 Å². The van der Waals surface area contributed by atoms with Gasteiger partial charge in [0.1, 0.15) is 5.54 Å². The number of nitrogens with one attached hydrogen (secondary N) is 1. The molecular formula is C9H15N5S. The van der Waals surface area contributed by atoms with E-state index in [9.17, 15) is 0 Å². The lowest BCUT2D eigenvalue weighted by Crippen LogP contribution is -2.44. The standard InChI is InChI=1S/C9H15N5S/c1-8-5-9(6-10,7-15-8)12-3-2-4-13-14-11/h8,12H,2-5,7H2,1H3. The highest BCUT2D eigenvalue weighted by atomic mass is 32.2. The Kier molecular flexibility index (Phi) is 4.76. The van der Waals surface area contributed by atoms with E-state index in [0.717, 1.165) is 25.1 Å². The van der Waals surface area contributed by atoms with Gasteiger partial charge >= 0.3 is 0 Å². The molecule has 1 aliphatic rings. The van der Waals surface area contributed by atoms with Crippen molar-refractivity contribution in [3.8, 4) is 6.07 Å². The van der Waals surface area contributed by atoms with Crippen LogP contribution in [0.15, 0.2) is 5.11 Å². The fourth-order valence-electron chi connectivity index (χ4n) is 1.66. The van der Waals surface area contributed by atoms with Crippen LogP contribution >= 0.6 is 11.8 Å². The first-order valence-corrected chi connectivity index (χ1v) is 6.06. The summed E-state index contributed by atoms with van der Waals surface area (Å²) in [5, 5.41) is 16.4. The van der Waals surface area contributed by atoms with Crippen molar-refractivity contribution in [2.24, 2.45) is 5.11 Å². The average molecular weight is 225 g/mol. The minimum absolute atomic E-state index is 0.361. The zero-order chi connectivity index (χ0) is 11.1. The first-order chi connectivity index (χ1) is 7.22. The Balaban J connectivity index is 2.29. The second-order valence-corrected chi connectivity index (χ2v) is 5.18. The molecule has 6 heteroatoms. The van der Waals surface area contributed by atoms with Crippen LogP contribution in [0.1, 0.15) is 19.8 Å². The quantitative estimate of drug-likeness (QED) is 0.336. The van der Waals surface area contributed by atoms with Crippen LogP contribution in [0.5, 0.6) is 0 Å². The van der Waals surface area contributed by atoms with Crippen LogP contribution in [0.2, 0.25) is 0 Å². The summed E-state index contributed by atoms with van der Waals surface area (Å²) in [5.41, 5.74) is 7.73. The molecule has 0 spiro atoms. The van der Waals surface area contributed by atoms with Gasteiger partial charge in [0, 0.05) is 22.5 Å². The van der Waals surface area contributed by atoms with E-state index >= 15 is 0 Å². The molecule has 82 valence electrons. The monoisotopic (exact) mass is 225 g/mol. The molecule has 1 rings (SSSR count). The fraction of sp³-hybridized carbons (Fsp3) is 0.889. The van der Waals surface area contributed by atoms with Crippen molar-refractivity contribution >= 4 is 11.8 Å². The van der Waals surface area contributed by atoms with Crippen molar-refractivity contribution < 1.29 is 0 Å². The van der Waals surface area contributed by atoms with Gasteiger partial charge in [-0.3, -0.25) is 5.32 Å². The van der Waals surface area contributed by atoms with E-state index in [0.29, 0.717) is 11.8 Å². The zero-order valence-electron chi connectivity index (χ0n) is 8.81. The Labute approximate surface area is 93.9 Å². The third-order valence-corrected chi connectivity index (χ3v) is 3.82. The van der Waals surface area contributed by atoms with Crippen LogP contribution in [0, 0.1) is 11.3 Å². The summed E-state index contributed by atoms with van der Waals surface area (Å²) in [4.78, 5) is 2.68. The molecule has 0 bridgehead atoms. The molecule has 2 atom stereocenters. The molecule has 0 radical (unpaired) electrons. The van der Waals surface area contributed by atoms with Gasteiger partial charge < -0.3 is 0 Å². The van der Waals surface area contributed by atoms with Crippen LogP contribution in [0.4, 0.5) is 0 Å². The molecule has 1 aliphatic heterocycles. The molecule has 1 heterocycles. The Morgan fingerprint density at radius 2 is 2.60 bits per heavy atom. The van der Waals surface area contributed by atoms with Crippen LogP contribution in [0.25, 0.3) is 10.4 Å². The van der Waals surface area contributed by atoms with Crippen LogP contribution in [0.3, 0.4) is 0 Å². The van der Waals surface area contributed by atoms with Gasteiger partial charge in [0.2, 0.25) is 0 Å². The van der Waals surface area contributed by atoms with Gasteiger partial charge in [0.15, 0.2) is 0 Å². The van der Waals surface area contributed by atoms with Crippen LogP contribution < -0.4 is 5.32 Å². The number of hydrogen-bond donors (Lipinski definition) is 1. The summed E-state index contributed by atoms with van der Waals surface area (Å²) in [6, 6.07) is 2.36. The predicted octanol–water partition coefficient (Wildman–Crippen LogP) is 2.06. The van der Waals surface area contributed by atoms with E-state index in [1.165, 1.54) is 0 Å². The van der Waals surface area contributed by atoms with Gasteiger partial charge in [-0.1, -0.05) is 12.0 Å². The Hall–Kier alpha value is -0.890. The number of thioether (sulfide) groups is 1. The number of nitriles is 1. The minimum Gasteiger partial charge on any atom is -0.299 e. The molecule has 0 aliphatic carbocycles. The molecule has 1 fully saturated rings. The van der Waals surface area contributed by atoms with E-state index in [-0.39, 0.29) is 5.54 Å². The van der Waals surface area contributed by atoms with Crippen molar-refractivity contribution in [3.05, 3.63) is 10.4 Å². The fourth-order valence-corrected chi connectivity index (χ4v) is 2.91. The van der Waals surface area contributed by atoms with Crippen molar-refractivity contribution in [1.82, 2.24) is 5.32 Å². The topological polar surface area (TPSA) is 84.6 Å². The SMILES string of the molecule is CC1CC(C#N)(NCCCN=[N+]=[N-])CS1. The van der Waals surface area contributed by atoms with Gasteiger partial charge in [0.05, 0.1) is 6.07 Å². The second kappa shape index (κ2) is 5.86. The van der Waals surface area contributed by atoms with Crippen molar-refractivity contribution in [2.75, 3.05) is 18.8 Å². The summed E-state index contributed by atoms with van der Waals surface area (Å²) in [6.45, 7) is 3.37. The van der Waals surface area contributed by atoms with Crippen molar-refractivity contribution in [1.29, 1.82) is 5.26 Å². The smallest absolute Gasteiger partial charge is 0.116 e. The highest BCUT2D eigenvalue weighted by Gasteiger charge is 2.37. The number of nitrogens with zero attached hydrogens (tertiary/aromatic N) is 4. The molecule has 0 aromatic carbocycles. The predicted molar refractivity (Wildman–Crippen MR) is 61.5 cm³/mol. The second-order valence-electron chi connectivity index (χ2n) is 3.75. The first-order valence-electron chi connectivity index (χ1n) is 5.01. The molecule has 0 aromatic heterocycles. The summed E-state index contributed by atoms with van der Waals surface area (Å²) in [7, 11) is 0. The Morgan fingerprint density at radius 1 is 1.80 bits per heavy atom. The van der Waals surface area contributed by atoms with E-state index in [1.807, 2.05) is 11.8 Å². The van der Waals surface area contributed by atoms with Crippen molar-refractivity contribution in [3.63, 3.8) is 0 Å².